The van der Waals surface area contributed by atoms with Crippen molar-refractivity contribution >= 4 is 11.8 Å². The van der Waals surface area contributed by atoms with E-state index in [4.69, 9.17) is 4.74 Å². The van der Waals surface area contributed by atoms with E-state index >= 15 is 0 Å². The van der Waals surface area contributed by atoms with E-state index in [-0.39, 0.29) is 5.25 Å². The third kappa shape index (κ3) is 4.16. The topological polar surface area (TPSA) is 29.5 Å². The Labute approximate surface area is 102 Å². The van der Waals surface area contributed by atoms with Crippen LogP contribution in [0.1, 0.15) is 24.7 Å². The first-order valence-corrected chi connectivity index (χ1v) is 6.46. The second-order valence-electron chi connectivity index (χ2n) is 4.04. The lowest BCUT2D eigenvalue weighted by Crippen LogP contribution is -2.22. The van der Waals surface area contributed by atoms with Gasteiger partial charge in [0.1, 0.15) is 0 Å². The lowest BCUT2D eigenvalue weighted by Gasteiger charge is -2.24. The van der Waals surface area contributed by atoms with Crippen LogP contribution >= 0.6 is 11.8 Å². The van der Waals surface area contributed by atoms with Gasteiger partial charge in [-0.15, -0.1) is 11.8 Å². The van der Waals surface area contributed by atoms with Crippen molar-refractivity contribution in [3.63, 3.8) is 0 Å². The normalized spacial score (nSPS) is 15.1. The minimum atomic E-state index is -0.459. The van der Waals surface area contributed by atoms with Gasteiger partial charge in [-0.2, -0.15) is 0 Å². The van der Waals surface area contributed by atoms with Crippen LogP contribution in [-0.4, -0.2) is 30.2 Å². The second-order valence-corrected chi connectivity index (χ2v) is 5.76. The number of methoxy groups -OCH3 is 1. The molecule has 0 heterocycles. The molecule has 1 N–H and O–H groups in total. The lowest BCUT2D eigenvalue weighted by molar-refractivity contribution is 0.0630. The Hall–Kier alpha value is -0.510. The van der Waals surface area contributed by atoms with Crippen LogP contribution in [0.3, 0.4) is 0 Å². The van der Waals surface area contributed by atoms with Crippen LogP contribution in [0.5, 0.6) is 0 Å². The number of aliphatic hydroxyl groups excluding tert-OH is 1. The summed E-state index contributed by atoms with van der Waals surface area (Å²) in [6.07, 6.45) is -0.459. The van der Waals surface area contributed by atoms with Gasteiger partial charge < -0.3 is 9.84 Å². The molecule has 2 atom stereocenters. The van der Waals surface area contributed by atoms with Gasteiger partial charge in [0.05, 0.1) is 18.0 Å². The number of hydrogen-bond acceptors (Lipinski definition) is 3. The largest absolute Gasteiger partial charge is 0.389 e. The number of ether oxygens (including phenoxy) is 1. The van der Waals surface area contributed by atoms with Crippen molar-refractivity contribution in [2.45, 2.75) is 30.5 Å². The van der Waals surface area contributed by atoms with E-state index < -0.39 is 6.10 Å². The number of hydrogen-bond donors (Lipinski definition) is 1. The minimum Gasteiger partial charge on any atom is -0.389 e. The molecule has 1 aromatic rings. The number of benzene rings is 1. The summed E-state index contributed by atoms with van der Waals surface area (Å²) in [4.78, 5) is 0. The molecular weight excluding hydrogens is 220 g/mol. The molecule has 16 heavy (non-hydrogen) atoms. The average Bonchev–Trinajstić information content (AvgIpc) is 2.27. The zero-order valence-electron chi connectivity index (χ0n) is 10.1. The fourth-order valence-corrected chi connectivity index (χ4v) is 2.75. The van der Waals surface area contributed by atoms with Crippen LogP contribution in [0.4, 0.5) is 0 Å². The van der Waals surface area contributed by atoms with E-state index in [1.165, 1.54) is 0 Å². The summed E-state index contributed by atoms with van der Waals surface area (Å²) in [5.74, 6) is 0. The molecule has 1 aromatic carbocycles. The van der Waals surface area contributed by atoms with E-state index in [9.17, 15) is 5.11 Å². The van der Waals surface area contributed by atoms with Crippen LogP contribution in [-0.2, 0) is 4.74 Å². The van der Waals surface area contributed by atoms with Crippen molar-refractivity contribution in [3.8, 4) is 0 Å². The van der Waals surface area contributed by atoms with Crippen LogP contribution in [0, 0.1) is 0 Å². The van der Waals surface area contributed by atoms with Crippen molar-refractivity contribution in [1.29, 1.82) is 0 Å². The highest BCUT2D eigenvalue weighted by molar-refractivity contribution is 8.00. The quantitative estimate of drug-likeness (QED) is 0.829. The van der Waals surface area contributed by atoms with E-state index in [1.54, 1.807) is 18.9 Å². The van der Waals surface area contributed by atoms with Gasteiger partial charge in [0.2, 0.25) is 0 Å². The molecule has 0 aliphatic rings. The molecular formula is C13H20O2S. The van der Waals surface area contributed by atoms with Crippen LogP contribution in [0.25, 0.3) is 0 Å². The molecule has 0 unspecified atom stereocenters. The molecule has 2 nitrogen and oxygen atoms in total. The predicted molar refractivity (Wildman–Crippen MR) is 69.8 cm³/mol. The number of thioether (sulfide) groups is 1. The first kappa shape index (κ1) is 13.6. The van der Waals surface area contributed by atoms with E-state index in [1.807, 2.05) is 18.2 Å². The molecule has 0 aromatic heterocycles. The third-order valence-electron chi connectivity index (χ3n) is 2.23. The van der Waals surface area contributed by atoms with Crippen molar-refractivity contribution in [2.24, 2.45) is 0 Å². The molecule has 90 valence electrons. The molecule has 3 heteroatoms. The maximum absolute atomic E-state index is 10.1. The zero-order chi connectivity index (χ0) is 12.0. The summed E-state index contributed by atoms with van der Waals surface area (Å²) < 4.78 is 5.02. The van der Waals surface area contributed by atoms with Gasteiger partial charge in [-0.25, -0.2) is 0 Å². The van der Waals surface area contributed by atoms with Gasteiger partial charge in [-0.05, 0) is 10.8 Å². The van der Waals surface area contributed by atoms with Gasteiger partial charge in [0, 0.05) is 7.11 Å². The Bertz CT molecular complexity index is 287. The van der Waals surface area contributed by atoms with Gasteiger partial charge in [0.25, 0.3) is 0 Å². The van der Waals surface area contributed by atoms with Crippen molar-refractivity contribution in [3.05, 3.63) is 35.9 Å². The fourth-order valence-electron chi connectivity index (χ4n) is 1.59. The van der Waals surface area contributed by atoms with Gasteiger partial charge >= 0.3 is 0 Å². The highest BCUT2D eigenvalue weighted by atomic mass is 32.2. The smallest absolute Gasteiger partial charge is 0.0932 e. The summed E-state index contributed by atoms with van der Waals surface area (Å²) in [6, 6.07) is 10.1. The Balaban J connectivity index is 2.78. The summed E-state index contributed by atoms with van der Waals surface area (Å²) in [7, 11) is 1.62. The average molecular weight is 240 g/mol. The first-order chi connectivity index (χ1) is 7.65. The summed E-state index contributed by atoms with van der Waals surface area (Å²) >= 11 is 1.77. The Morgan fingerprint density at radius 1 is 1.25 bits per heavy atom. The Morgan fingerprint density at radius 2 is 1.88 bits per heavy atom. The van der Waals surface area contributed by atoms with Crippen LogP contribution in [0.15, 0.2) is 30.3 Å². The van der Waals surface area contributed by atoms with E-state index in [0.717, 1.165) is 5.56 Å². The van der Waals surface area contributed by atoms with E-state index in [0.29, 0.717) is 11.9 Å². The van der Waals surface area contributed by atoms with Crippen molar-refractivity contribution in [2.75, 3.05) is 13.7 Å². The molecule has 0 spiro atoms. The first-order valence-electron chi connectivity index (χ1n) is 5.52. The molecule has 0 fully saturated rings. The van der Waals surface area contributed by atoms with Gasteiger partial charge in [-0.3, -0.25) is 0 Å². The highest BCUT2D eigenvalue weighted by Gasteiger charge is 2.22. The highest BCUT2D eigenvalue weighted by Crippen LogP contribution is 2.35. The molecule has 0 aliphatic heterocycles. The Morgan fingerprint density at radius 3 is 2.38 bits per heavy atom. The molecule has 0 saturated heterocycles. The zero-order valence-corrected chi connectivity index (χ0v) is 10.9. The van der Waals surface area contributed by atoms with Crippen molar-refractivity contribution < 1.29 is 9.84 Å². The van der Waals surface area contributed by atoms with Gasteiger partial charge in [0.15, 0.2) is 0 Å². The van der Waals surface area contributed by atoms with E-state index in [2.05, 4.69) is 26.0 Å². The summed E-state index contributed by atoms with van der Waals surface area (Å²) in [5, 5.41) is 10.6. The third-order valence-corrected chi connectivity index (χ3v) is 3.66. The van der Waals surface area contributed by atoms with Gasteiger partial charge in [-0.1, -0.05) is 44.2 Å². The standard InChI is InChI=1S/C13H20O2S/c1-10(2)16-13(12(14)9-15-3)11-7-5-4-6-8-11/h4-8,10,12-14H,9H2,1-3H3/t12-,13+/m0/s1. The fraction of sp³-hybridized carbons (Fsp3) is 0.538. The summed E-state index contributed by atoms with van der Waals surface area (Å²) in [5.41, 5.74) is 1.16. The maximum atomic E-state index is 10.1. The van der Waals surface area contributed by atoms with Crippen molar-refractivity contribution in [1.82, 2.24) is 0 Å². The molecule has 0 bridgehead atoms. The number of aliphatic hydroxyl groups is 1. The Kier molecular flexibility index (Phi) is 5.88. The van der Waals surface area contributed by atoms with Crippen LogP contribution < -0.4 is 0 Å². The molecule has 0 aliphatic carbocycles. The molecule has 0 saturated carbocycles. The number of rotatable bonds is 6. The van der Waals surface area contributed by atoms with Crippen LogP contribution in [0.2, 0.25) is 0 Å². The molecule has 1 rings (SSSR count). The lowest BCUT2D eigenvalue weighted by atomic mass is 10.1. The molecule has 0 amide bonds. The second kappa shape index (κ2) is 6.94. The maximum Gasteiger partial charge on any atom is 0.0932 e. The summed E-state index contributed by atoms with van der Waals surface area (Å²) in [6.45, 7) is 4.65. The SMILES string of the molecule is COC[C@H](O)[C@H](SC(C)C)c1ccccc1. The molecule has 0 radical (unpaired) electrons. The minimum absolute atomic E-state index is 0.0844. The predicted octanol–water partition coefficient (Wildman–Crippen LogP) is 2.88. The monoisotopic (exact) mass is 240 g/mol.